The SMILES string of the molecule is OB(O)c1cccc(Oc2ccccn2)c1. The van der Waals surface area contributed by atoms with E-state index >= 15 is 0 Å². The average Bonchev–Trinajstić information content (AvgIpc) is 2.30. The zero-order valence-corrected chi connectivity index (χ0v) is 8.45. The number of ether oxygens (including phenoxy) is 1. The Morgan fingerprint density at radius 2 is 1.94 bits per heavy atom. The van der Waals surface area contributed by atoms with Gasteiger partial charge >= 0.3 is 7.12 Å². The van der Waals surface area contributed by atoms with Gasteiger partial charge in [-0.15, -0.1) is 0 Å². The first-order valence-electron chi connectivity index (χ1n) is 4.81. The van der Waals surface area contributed by atoms with Gasteiger partial charge in [0.2, 0.25) is 5.88 Å². The number of aromatic nitrogens is 1. The molecule has 0 atom stereocenters. The van der Waals surface area contributed by atoms with Crippen molar-refractivity contribution in [3.63, 3.8) is 0 Å². The van der Waals surface area contributed by atoms with E-state index in [9.17, 15) is 0 Å². The summed E-state index contributed by atoms with van der Waals surface area (Å²) in [5, 5.41) is 18.0. The molecule has 2 rings (SSSR count). The molecule has 0 aliphatic carbocycles. The molecule has 0 aliphatic heterocycles. The van der Waals surface area contributed by atoms with E-state index in [2.05, 4.69) is 4.98 Å². The number of nitrogens with zero attached hydrogens (tertiary/aromatic N) is 1. The minimum atomic E-state index is -1.49. The van der Waals surface area contributed by atoms with Gasteiger partial charge in [-0.3, -0.25) is 0 Å². The van der Waals surface area contributed by atoms with Crippen LogP contribution in [-0.2, 0) is 0 Å². The summed E-state index contributed by atoms with van der Waals surface area (Å²) in [6.07, 6.45) is 1.63. The second-order valence-corrected chi connectivity index (χ2v) is 3.22. The monoisotopic (exact) mass is 215 g/mol. The van der Waals surface area contributed by atoms with Crippen LogP contribution in [0.3, 0.4) is 0 Å². The summed E-state index contributed by atoms with van der Waals surface area (Å²) in [6, 6.07) is 11.9. The van der Waals surface area contributed by atoms with Crippen molar-refractivity contribution < 1.29 is 14.8 Å². The van der Waals surface area contributed by atoms with Crippen molar-refractivity contribution in [1.82, 2.24) is 4.98 Å². The van der Waals surface area contributed by atoms with Gasteiger partial charge in [0.1, 0.15) is 5.75 Å². The van der Waals surface area contributed by atoms with Crippen molar-refractivity contribution >= 4 is 12.6 Å². The van der Waals surface area contributed by atoms with E-state index in [4.69, 9.17) is 14.8 Å². The molecule has 1 aromatic heterocycles. The third-order valence-corrected chi connectivity index (χ3v) is 2.02. The fourth-order valence-electron chi connectivity index (χ4n) is 1.27. The molecular formula is C11H10BNO3. The normalized spacial score (nSPS) is 9.88. The topological polar surface area (TPSA) is 62.6 Å². The van der Waals surface area contributed by atoms with Crippen LogP contribution in [-0.4, -0.2) is 22.2 Å². The molecule has 2 N–H and O–H groups in total. The summed E-state index contributed by atoms with van der Waals surface area (Å²) in [5.74, 6) is 0.983. The fraction of sp³-hybridized carbons (Fsp3) is 0. The minimum absolute atomic E-state index is 0.383. The maximum atomic E-state index is 9.00. The molecule has 4 nitrogen and oxygen atoms in total. The van der Waals surface area contributed by atoms with Crippen molar-refractivity contribution in [3.8, 4) is 11.6 Å². The Labute approximate surface area is 93.3 Å². The number of hydrogen-bond donors (Lipinski definition) is 2. The minimum Gasteiger partial charge on any atom is -0.439 e. The summed E-state index contributed by atoms with van der Waals surface area (Å²) >= 11 is 0. The Kier molecular flexibility index (Phi) is 3.19. The van der Waals surface area contributed by atoms with Crippen LogP contribution in [0.4, 0.5) is 0 Å². The lowest BCUT2D eigenvalue weighted by Crippen LogP contribution is -2.29. The molecule has 0 spiro atoms. The highest BCUT2D eigenvalue weighted by molar-refractivity contribution is 6.58. The van der Waals surface area contributed by atoms with Gasteiger partial charge in [-0.1, -0.05) is 18.2 Å². The zero-order valence-electron chi connectivity index (χ0n) is 8.45. The molecule has 0 radical (unpaired) electrons. The highest BCUT2D eigenvalue weighted by Gasteiger charge is 2.11. The molecular weight excluding hydrogens is 205 g/mol. The molecule has 0 aliphatic rings. The summed E-state index contributed by atoms with van der Waals surface area (Å²) in [5.41, 5.74) is 0.383. The smallest absolute Gasteiger partial charge is 0.439 e. The van der Waals surface area contributed by atoms with Gasteiger partial charge in [-0.05, 0) is 23.7 Å². The van der Waals surface area contributed by atoms with E-state index in [0.29, 0.717) is 17.1 Å². The van der Waals surface area contributed by atoms with Gasteiger partial charge in [0, 0.05) is 12.3 Å². The first kappa shape index (κ1) is 10.7. The van der Waals surface area contributed by atoms with Gasteiger partial charge in [0.15, 0.2) is 0 Å². The van der Waals surface area contributed by atoms with Crippen molar-refractivity contribution in [2.45, 2.75) is 0 Å². The maximum absolute atomic E-state index is 9.00. The van der Waals surface area contributed by atoms with Gasteiger partial charge in [0.25, 0.3) is 0 Å². The zero-order chi connectivity index (χ0) is 11.4. The molecule has 1 aromatic carbocycles. The van der Waals surface area contributed by atoms with E-state index in [-0.39, 0.29) is 0 Å². The second kappa shape index (κ2) is 4.78. The second-order valence-electron chi connectivity index (χ2n) is 3.22. The van der Waals surface area contributed by atoms with Crippen LogP contribution < -0.4 is 10.2 Å². The van der Waals surface area contributed by atoms with Crippen LogP contribution in [0.1, 0.15) is 0 Å². The van der Waals surface area contributed by atoms with Crippen LogP contribution in [0.2, 0.25) is 0 Å². The fourth-order valence-corrected chi connectivity index (χ4v) is 1.27. The van der Waals surface area contributed by atoms with Gasteiger partial charge in [-0.25, -0.2) is 4.98 Å². The van der Waals surface area contributed by atoms with E-state index in [0.717, 1.165) is 0 Å². The highest BCUT2D eigenvalue weighted by Crippen LogP contribution is 2.16. The summed E-state index contributed by atoms with van der Waals surface area (Å²) < 4.78 is 5.44. The Balaban J connectivity index is 2.19. The number of pyridine rings is 1. The molecule has 16 heavy (non-hydrogen) atoms. The molecule has 0 amide bonds. The lowest BCUT2D eigenvalue weighted by molar-refractivity contribution is 0.424. The number of rotatable bonds is 3. The molecule has 0 saturated carbocycles. The Morgan fingerprint density at radius 1 is 1.06 bits per heavy atom. The number of benzene rings is 1. The highest BCUT2D eigenvalue weighted by atomic mass is 16.5. The van der Waals surface area contributed by atoms with Gasteiger partial charge < -0.3 is 14.8 Å². The summed E-state index contributed by atoms with van der Waals surface area (Å²) in [6.45, 7) is 0. The predicted molar refractivity (Wildman–Crippen MR) is 60.6 cm³/mol. The Hall–Kier alpha value is -1.85. The summed E-state index contributed by atoms with van der Waals surface area (Å²) in [4.78, 5) is 4.00. The van der Waals surface area contributed by atoms with Crippen LogP contribution in [0.5, 0.6) is 11.6 Å². The average molecular weight is 215 g/mol. The quantitative estimate of drug-likeness (QED) is 0.734. The lowest BCUT2D eigenvalue weighted by atomic mass is 9.80. The molecule has 0 fully saturated rings. The van der Waals surface area contributed by atoms with Crippen molar-refractivity contribution in [1.29, 1.82) is 0 Å². The summed E-state index contributed by atoms with van der Waals surface area (Å²) in [7, 11) is -1.49. The molecule has 1 heterocycles. The molecule has 5 heteroatoms. The van der Waals surface area contributed by atoms with E-state index < -0.39 is 7.12 Å². The Bertz CT molecular complexity index is 462. The van der Waals surface area contributed by atoms with Crippen molar-refractivity contribution in [2.24, 2.45) is 0 Å². The molecule has 2 aromatic rings. The first-order chi connectivity index (χ1) is 7.75. The molecule has 0 saturated heterocycles. The van der Waals surface area contributed by atoms with Crippen molar-refractivity contribution in [2.75, 3.05) is 0 Å². The largest absolute Gasteiger partial charge is 0.488 e. The first-order valence-corrected chi connectivity index (χ1v) is 4.81. The van der Waals surface area contributed by atoms with E-state index in [1.54, 1.807) is 42.6 Å². The van der Waals surface area contributed by atoms with Crippen LogP contribution >= 0.6 is 0 Å². The predicted octanol–water partition coefficient (Wildman–Crippen LogP) is 0.554. The Morgan fingerprint density at radius 3 is 2.62 bits per heavy atom. The van der Waals surface area contributed by atoms with Crippen LogP contribution in [0.25, 0.3) is 0 Å². The van der Waals surface area contributed by atoms with Crippen LogP contribution in [0, 0.1) is 0 Å². The van der Waals surface area contributed by atoms with E-state index in [1.807, 2.05) is 6.07 Å². The molecule has 0 unspecified atom stereocenters. The molecule has 0 bridgehead atoms. The third kappa shape index (κ3) is 2.59. The van der Waals surface area contributed by atoms with E-state index in [1.165, 1.54) is 0 Å². The number of hydrogen-bond acceptors (Lipinski definition) is 4. The van der Waals surface area contributed by atoms with Gasteiger partial charge in [0.05, 0.1) is 0 Å². The molecule has 80 valence electrons. The standard InChI is InChI=1S/C11H10BNO3/c14-12(15)9-4-3-5-10(8-9)16-11-6-1-2-7-13-11/h1-8,14-15H. The lowest BCUT2D eigenvalue weighted by Gasteiger charge is -2.05. The maximum Gasteiger partial charge on any atom is 0.488 e. The third-order valence-electron chi connectivity index (χ3n) is 2.02. The van der Waals surface area contributed by atoms with Gasteiger partial charge in [-0.2, -0.15) is 0 Å². The van der Waals surface area contributed by atoms with Crippen molar-refractivity contribution in [3.05, 3.63) is 48.7 Å². The van der Waals surface area contributed by atoms with Crippen LogP contribution in [0.15, 0.2) is 48.7 Å².